The summed E-state index contributed by atoms with van der Waals surface area (Å²) in [6, 6.07) is 7.24. The highest BCUT2D eigenvalue weighted by atomic mass is 35.5. The quantitative estimate of drug-likeness (QED) is 0.400. The fraction of sp³-hybridized carbons (Fsp3) is 0.300. The standard InChI is InChI=1S/C20H20F3N3O4S2.ClH/c1-4-32(27,28)12-5-6-18(31-10-20(21,22)23)15(7-12)26-19-13-8-16(29-2)17(30-3)9-14(13)24-11-25-19;/h5-9,11H,4,10H2,1-3H3,(H,24,25,26);1H. The lowest BCUT2D eigenvalue weighted by atomic mass is 10.2. The Kier molecular flexibility index (Phi) is 8.66. The summed E-state index contributed by atoms with van der Waals surface area (Å²) in [4.78, 5) is 8.61. The van der Waals surface area contributed by atoms with E-state index in [1.165, 1.54) is 45.7 Å². The van der Waals surface area contributed by atoms with Crippen LogP contribution in [0.3, 0.4) is 0 Å². The monoisotopic (exact) mass is 523 g/mol. The fourth-order valence-electron chi connectivity index (χ4n) is 2.86. The summed E-state index contributed by atoms with van der Waals surface area (Å²) in [6.07, 6.45) is -3.10. The van der Waals surface area contributed by atoms with Gasteiger partial charge in [0.05, 0.1) is 41.8 Å². The lowest BCUT2D eigenvalue weighted by Crippen LogP contribution is -2.11. The number of hydrogen-bond donors (Lipinski definition) is 1. The second kappa shape index (κ2) is 10.7. The third kappa shape index (κ3) is 6.33. The largest absolute Gasteiger partial charge is 0.493 e. The molecule has 0 unspecified atom stereocenters. The molecule has 13 heteroatoms. The molecule has 33 heavy (non-hydrogen) atoms. The van der Waals surface area contributed by atoms with E-state index in [0.29, 0.717) is 34.2 Å². The van der Waals surface area contributed by atoms with E-state index in [-0.39, 0.29) is 39.5 Å². The molecule has 7 nitrogen and oxygen atoms in total. The summed E-state index contributed by atoms with van der Waals surface area (Å²) in [7, 11) is -0.632. The first kappa shape index (κ1) is 26.8. The molecule has 0 aliphatic heterocycles. The summed E-state index contributed by atoms with van der Waals surface area (Å²) in [6.45, 7) is 1.49. The molecule has 3 rings (SSSR count). The van der Waals surface area contributed by atoms with Crippen LogP contribution in [0.15, 0.2) is 46.5 Å². The minimum absolute atomic E-state index is 0. The number of benzene rings is 2. The van der Waals surface area contributed by atoms with Gasteiger partial charge in [0.25, 0.3) is 0 Å². The summed E-state index contributed by atoms with van der Waals surface area (Å²) in [5.74, 6) is -0.142. The number of fused-ring (bicyclic) bond motifs is 1. The van der Waals surface area contributed by atoms with Crippen molar-refractivity contribution >= 4 is 56.4 Å². The normalized spacial score (nSPS) is 11.7. The number of anilines is 2. The molecule has 0 radical (unpaired) electrons. The SMILES string of the molecule is CCS(=O)(=O)c1ccc(SCC(F)(F)F)c(Nc2ncnc3cc(OC)c(OC)cc23)c1.Cl. The minimum Gasteiger partial charge on any atom is -0.493 e. The molecule has 0 amide bonds. The molecular formula is C20H21ClF3N3O4S2. The fourth-order valence-corrected chi connectivity index (χ4v) is 4.52. The average Bonchev–Trinajstić information content (AvgIpc) is 2.76. The Morgan fingerprint density at radius 3 is 2.33 bits per heavy atom. The van der Waals surface area contributed by atoms with E-state index in [4.69, 9.17) is 9.47 Å². The highest BCUT2D eigenvalue weighted by Crippen LogP contribution is 2.38. The Balaban J connectivity index is 0.00000385. The van der Waals surface area contributed by atoms with Gasteiger partial charge in [-0.05, 0) is 24.3 Å². The van der Waals surface area contributed by atoms with Crippen LogP contribution in [-0.2, 0) is 9.84 Å². The number of thioether (sulfide) groups is 1. The van der Waals surface area contributed by atoms with Crippen LogP contribution < -0.4 is 14.8 Å². The maximum absolute atomic E-state index is 12.8. The van der Waals surface area contributed by atoms with E-state index in [1.807, 2.05) is 0 Å². The van der Waals surface area contributed by atoms with Gasteiger partial charge in [-0.25, -0.2) is 18.4 Å². The van der Waals surface area contributed by atoms with Crippen molar-refractivity contribution in [2.75, 3.05) is 31.0 Å². The van der Waals surface area contributed by atoms with Gasteiger partial charge in [-0.1, -0.05) is 6.92 Å². The molecule has 1 heterocycles. The van der Waals surface area contributed by atoms with Gasteiger partial charge in [-0.2, -0.15) is 13.2 Å². The topological polar surface area (TPSA) is 90.4 Å². The number of aromatic nitrogens is 2. The molecule has 0 aliphatic carbocycles. The molecule has 1 aromatic heterocycles. The molecule has 0 saturated carbocycles. The highest BCUT2D eigenvalue weighted by molar-refractivity contribution is 7.99. The Morgan fingerprint density at radius 1 is 1.06 bits per heavy atom. The first-order valence-corrected chi connectivity index (χ1v) is 11.9. The lowest BCUT2D eigenvalue weighted by Gasteiger charge is -2.16. The van der Waals surface area contributed by atoms with E-state index < -0.39 is 21.8 Å². The lowest BCUT2D eigenvalue weighted by molar-refractivity contribution is -0.105. The molecule has 0 fully saturated rings. The summed E-state index contributed by atoms with van der Waals surface area (Å²) in [5, 5.41) is 3.49. The van der Waals surface area contributed by atoms with E-state index in [0.717, 1.165) is 0 Å². The molecule has 1 N–H and O–H groups in total. The number of hydrogen-bond acceptors (Lipinski definition) is 8. The molecule has 0 saturated heterocycles. The van der Waals surface area contributed by atoms with Crippen molar-refractivity contribution in [1.29, 1.82) is 0 Å². The second-order valence-electron chi connectivity index (χ2n) is 6.54. The van der Waals surface area contributed by atoms with Crippen LogP contribution in [0.4, 0.5) is 24.7 Å². The first-order chi connectivity index (χ1) is 15.1. The predicted molar refractivity (Wildman–Crippen MR) is 124 cm³/mol. The Bertz CT molecular complexity index is 1240. The second-order valence-corrected chi connectivity index (χ2v) is 9.83. The number of halogens is 4. The zero-order chi connectivity index (χ0) is 23.5. The molecule has 180 valence electrons. The number of nitrogens with zero attached hydrogens (tertiary/aromatic N) is 2. The number of nitrogens with one attached hydrogen (secondary N) is 1. The van der Waals surface area contributed by atoms with Gasteiger partial charge in [0.15, 0.2) is 21.3 Å². The van der Waals surface area contributed by atoms with Crippen molar-refractivity contribution in [2.24, 2.45) is 0 Å². The van der Waals surface area contributed by atoms with Crippen LogP contribution in [0.5, 0.6) is 11.5 Å². The number of methoxy groups -OCH3 is 2. The maximum Gasteiger partial charge on any atom is 0.398 e. The van der Waals surface area contributed by atoms with Crippen molar-refractivity contribution in [3.05, 3.63) is 36.7 Å². The molecule has 0 spiro atoms. The van der Waals surface area contributed by atoms with Gasteiger partial charge in [0.1, 0.15) is 12.1 Å². The summed E-state index contributed by atoms with van der Waals surface area (Å²) >= 11 is 0.549. The highest BCUT2D eigenvalue weighted by Gasteiger charge is 2.28. The first-order valence-electron chi connectivity index (χ1n) is 9.28. The van der Waals surface area contributed by atoms with Crippen molar-refractivity contribution in [3.63, 3.8) is 0 Å². The number of alkyl halides is 3. The predicted octanol–water partition coefficient (Wildman–Crippen LogP) is 5.26. The van der Waals surface area contributed by atoms with Crippen molar-refractivity contribution in [2.45, 2.75) is 22.9 Å². The average molecular weight is 524 g/mol. The van der Waals surface area contributed by atoms with E-state index >= 15 is 0 Å². The van der Waals surface area contributed by atoms with Gasteiger partial charge >= 0.3 is 6.18 Å². The van der Waals surface area contributed by atoms with Crippen LogP contribution in [0, 0.1) is 0 Å². The molecule has 0 aliphatic rings. The van der Waals surface area contributed by atoms with Gasteiger partial charge in [0.2, 0.25) is 0 Å². The van der Waals surface area contributed by atoms with Gasteiger partial charge in [-0.3, -0.25) is 0 Å². The van der Waals surface area contributed by atoms with Gasteiger partial charge < -0.3 is 14.8 Å². The Morgan fingerprint density at radius 2 is 1.73 bits per heavy atom. The van der Waals surface area contributed by atoms with Crippen molar-refractivity contribution in [3.8, 4) is 11.5 Å². The maximum atomic E-state index is 12.8. The zero-order valence-electron chi connectivity index (χ0n) is 17.8. The molecule has 0 bridgehead atoms. The smallest absolute Gasteiger partial charge is 0.398 e. The Hall–Kier alpha value is -2.44. The van der Waals surface area contributed by atoms with E-state index in [2.05, 4.69) is 15.3 Å². The van der Waals surface area contributed by atoms with Gasteiger partial charge in [-0.15, -0.1) is 24.2 Å². The van der Waals surface area contributed by atoms with Crippen LogP contribution in [0.2, 0.25) is 0 Å². The molecule has 3 aromatic rings. The van der Waals surface area contributed by atoms with Crippen LogP contribution in [0.1, 0.15) is 6.92 Å². The summed E-state index contributed by atoms with van der Waals surface area (Å²) in [5.41, 5.74) is 0.686. The third-order valence-electron chi connectivity index (χ3n) is 4.48. The molecule has 0 atom stereocenters. The zero-order valence-corrected chi connectivity index (χ0v) is 20.2. The van der Waals surface area contributed by atoms with E-state index in [1.54, 1.807) is 12.1 Å². The Labute approximate surface area is 199 Å². The number of rotatable bonds is 8. The van der Waals surface area contributed by atoms with Crippen LogP contribution in [-0.4, -0.2) is 50.3 Å². The summed E-state index contributed by atoms with van der Waals surface area (Å²) < 4.78 is 73.6. The van der Waals surface area contributed by atoms with Crippen molar-refractivity contribution < 1.29 is 31.1 Å². The van der Waals surface area contributed by atoms with Crippen LogP contribution in [0.25, 0.3) is 10.9 Å². The van der Waals surface area contributed by atoms with Gasteiger partial charge in [0, 0.05) is 16.3 Å². The van der Waals surface area contributed by atoms with Crippen LogP contribution >= 0.6 is 24.2 Å². The number of sulfone groups is 1. The number of ether oxygens (including phenoxy) is 2. The minimum atomic E-state index is -4.39. The van der Waals surface area contributed by atoms with Crippen molar-refractivity contribution in [1.82, 2.24) is 9.97 Å². The third-order valence-corrected chi connectivity index (χ3v) is 7.35. The molecular weight excluding hydrogens is 503 g/mol. The van der Waals surface area contributed by atoms with E-state index in [9.17, 15) is 21.6 Å². The molecule has 2 aromatic carbocycles.